The molecule has 0 spiro atoms. The van der Waals surface area contributed by atoms with Gasteiger partial charge in [-0.3, -0.25) is 4.57 Å². The summed E-state index contributed by atoms with van der Waals surface area (Å²) in [5.41, 5.74) is 0.182. The Morgan fingerprint density at radius 3 is 2.80 bits per heavy atom. The number of rotatable bonds is 2. The Kier molecular flexibility index (Phi) is 2.40. The normalized spacial score (nSPS) is 9.93. The number of aromatic nitrogens is 4. The Labute approximate surface area is 85.5 Å². The Bertz CT molecular complexity index is 449. The SMILES string of the molecule is COC(=O)c1ccc(-n2ccnc2)nn1. The molecule has 76 valence electrons. The van der Waals surface area contributed by atoms with Gasteiger partial charge in [-0.05, 0) is 12.1 Å². The van der Waals surface area contributed by atoms with E-state index in [1.807, 2.05) is 0 Å². The first-order chi connectivity index (χ1) is 7.31. The minimum absolute atomic E-state index is 0.182. The number of hydrogen-bond acceptors (Lipinski definition) is 5. The van der Waals surface area contributed by atoms with Crippen LogP contribution in [-0.2, 0) is 4.74 Å². The number of nitrogens with zero attached hydrogens (tertiary/aromatic N) is 4. The van der Waals surface area contributed by atoms with Crippen LogP contribution in [0, 0.1) is 0 Å². The summed E-state index contributed by atoms with van der Waals surface area (Å²) in [5, 5.41) is 7.59. The predicted molar refractivity (Wildman–Crippen MR) is 50.5 cm³/mol. The third-order valence-electron chi connectivity index (χ3n) is 1.81. The maximum absolute atomic E-state index is 11.1. The lowest BCUT2D eigenvalue weighted by atomic mass is 10.4. The molecule has 2 aromatic rings. The van der Waals surface area contributed by atoms with Crippen LogP contribution in [0.4, 0.5) is 0 Å². The number of esters is 1. The van der Waals surface area contributed by atoms with Crippen molar-refractivity contribution < 1.29 is 9.53 Å². The van der Waals surface area contributed by atoms with Crippen LogP contribution in [0.3, 0.4) is 0 Å². The van der Waals surface area contributed by atoms with Gasteiger partial charge in [0.25, 0.3) is 0 Å². The average Bonchev–Trinajstić information content (AvgIpc) is 2.82. The maximum Gasteiger partial charge on any atom is 0.358 e. The van der Waals surface area contributed by atoms with Crippen LogP contribution in [-0.4, -0.2) is 32.8 Å². The summed E-state index contributed by atoms with van der Waals surface area (Å²) in [6.45, 7) is 0. The second-order valence-electron chi connectivity index (χ2n) is 2.74. The van der Waals surface area contributed by atoms with Gasteiger partial charge in [0.15, 0.2) is 11.5 Å². The minimum atomic E-state index is -0.500. The summed E-state index contributed by atoms with van der Waals surface area (Å²) in [6.07, 6.45) is 4.97. The highest BCUT2D eigenvalue weighted by Crippen LogP contribution is 2.03. The first-order valence-corrected chi connectivity index (χ1v) is 4.21. The van der Waals surface area contributed by atoms with Crippen molar-refractivity contribution in [3.63, 3.8) is 0 Å². The summed E-state index contributed by atoms with van der Waals surface area (Å²) in [6, 6.07) is 3.22. The fraction of sp³-hybridized carbons (Fsp3) is 0.111. The van der Waals surface area contributed by atoms with E-state index < -0.39 is 5.97 Å². The molecule has 0 amide bonds. The molecule has 0 unspecified atom stereocenters. The lowest BCUT2D eigenvalue weighted by molar-refractivity contribution is 0.0592. The van der Waals surface area contributed by atoms with E-state index in [2.05, 4.69) is 19.9 Å². The molecule has 0 saturated carbocycles. The summed E-state index contributed by atoms with van der Waals surface area (Å²) in [5.74, 6) is 0.0971. The monoisotopic (exact) mass is 204 g/mol. The topological polar surface area (TPSA) is 69.9 Å². The van der Waals surface area contributed by atoms with Crippen molar-refractivity contribution >= 4 is 5.97 Å². The smallest absolute Gasteiger partial charge is 0.358 e. The van der Waals surface area contributed by atoms with Gasteiger partial charge in [0.2, 0.25) is 0 Å². The third-order valence-corrected chi connectivity index (χ3v) is 1.81. The molecular formula is C9H8N4O2. The molecule has 0 saturated heterocycles. The first kappa shape index (κ1) is 9.32. The Balaban J connectivity index is 2.29. The van der Waals surface area contributed by atoms with Gasteiger partial charge in [0.1, 0.15) is 6.33 Å². The summed E-state index contributed by atoms with van der Waals surface area (Å²) in [4.78, 5) is 14.9. The summed E-state index contributed by atoms with van der Waals surface area (Å²) >= 11 is 0. The summed E-state index contributed by atoms with van der Waals surface area (Å²) < 4.78 is 6.19. The molecular weight excluding hydrogens is 196 g/mol. The van der Waals surface area contributed by atoms with Crippen molar-refractivity contribution in [3.05, 3.63) is 36.5 Å². The lowest BCUT2D eigenvalue weighted by Gasteiger charge is -2.00. The second kappa shape index (κ2) is 3.87. The van der Waals surface area contributed by atoms with E-state index in [4.69, 9.17) is 0 Å². The zero-order valence-corrected chi connectivity index (χ0v) is 7.99. The molecule has 2 aromatic heterocycles. The molecule has 0 aliphatic heterocycles. The van der Waals surface area contributed by atoms with Gasteiger partial charge in [-0.15, -0.1) is 10.2 Å². The maximum atomic E-state index is 11.1. The van der Waals surface area contributed by atoms with Crippen LogP contribution in [0.2, 0.25) is 0 Å². The molecule has 0 atom stereocenters. The van der Waals surface area contributed by atoms with Crippen LogP contribution in [0.25, 0.3) is 5.82 Å². The molecule has 15 heavy (non-hydrogen) atoms. The fourth-order valence-electron chi connectivity index (χ4n) is 1.07. The Morgan fingerprint density at radius 1 is 1.40 bits per heavy atom. The van der Waals surface area contributed by atoms with E-state index in [0.29, 0.717) is 5.82 Å². The molecule has 2 rings (SSSR count). The van der Waals surface area contributed by atoms with Crippen molar-refractivity contribution in [1.82, 2.24) is 19.7 Å². The van der Waals surface area contributed by atoms with E-state index in [0.717, 1.165) is 0 Å². The van der Waals surface area contributed by atoms with E-state index in [1.165, 1.54) is 7.11 Å². The second-order valence-corrected chi connectivity index (χ2v) is 2.74. The standard InChI is InChI=1S/C9H8N4O2/c1-15-9(14)7-2-3-8(12-11-7)13-5-4-10-6-13/h2-6H,1H3. The number of ether oxygens (including phenoxy) is 1. The molecule has 2 heterocycles. The van der Waals surface area contributed by atoms with Crippen LogP contribution < -0.4 is 0 Å². The molecule has 0 radical (unpaired) electrons. The van der Waals surface area contributed by atoms with Crippen molar-refractivity contribution in [1.29, 1.82) is 0 Å². The highest BCUT2D eigenvalue weighted by Gasteiger charge is 2.07. The zero-order chi connectivity index (χ0) is 10.7. The molecule has 0 aliphatic carbocycles. The number of hydrogen-bond donors (Lipinski definition) is 0. The summed E-state index contributed by atoms with van der Waals surface area (Å²) in [7, 11) is 1.30. The fourth-order valence-corrected chi connectivity index (χ4v) is 1.07. The van der Waals surface area contributed by atoms with Crippen molar-refractivity contribution in [2.75, 3.05) is 7.11 Å². The quantitative estimate of drug-likeness (QED) is 0.664. The van der Waals surface area contributed by atoms with Gasteiger partial charge in [0.05, 0.1) is 7.11 Å². The molecule has 0 aliphatic rings. The minimum Gasteiger partial charge on any atom is -0.464 e. The van der Waals surface area contributed by atoms with Crippen LogP contribution in [0.15, 0.2) is 30.9 Å². The molecule has 0 bridgehead atoms. The highest BCUT2D eigenvalue weighted by atomic mass is 16.5. The predicted octanol–water partition coefficient (Wildman–Crippen LogP) is 0.449. The van der Waals surface area contributed by atoms with Gasteiger partial charge in [-0.2, -0.15) is 0 Å². The zero-order valence-electron chi connectivity index (χ0n) is 7.99. The Hall–Kier alpha value is -2.24. The van der Waals surface area contributed by atoms with Crippen molar-refractivity contribution in [2.45, 2.75) is 0 Å². The number of methoxy groups -OCH3 is 1. The van der Waals surface area contributed by atoms with Gasteiger partial charge >= 0.3 is 5.97 Å². The van der Waals surface area contributed by atoms with Crippen LogP contribution in [0.1, 0.15) is 10.5 Å². The average molecular weight is 204 g/mol. The number of carbonyl (C=O) groups is 1. The van der Waals surface area contributed by atoms with Crippen molar-refractivity contribution in [3.8, 4) is 5.82 Å². The number of carbonyl (C=O) groups excluding carboxylic acids is 1. The third kappa shape index (κ3) is 1.83. The molecule has 6 heteroatoms. The first-order valence-electron chi connectivity index (χ1n) is 4.21. The van der Waals surface area contributed by atoms with Gasteiger partial charge in [0, 0.05) is 12.4 Å². The van der Waals surface area contributed by atoms with E-state index in [1.54, 1.807) is 35.4 Å². The van der Waals surface area contributed by atoms with E-state index in [9.17, 15) is 4.79 Å². The molecule has 0 aromatic carbocycles. The van der Waals surface area contributed by atoms with Gasteiger partial charge < -0.3 is 4.74 Å². The van der Waals surface area contributed by atoms with Crippen LogP contribution >= 0.6 is 0 Å². The lowest BCUT2D eigenvalue weighted by Crippen LogP contribution is -2.07. The van der Waals surface area contributed by atoms with Gasteiger partial charge in [-0.25, -0.2) is 9.78 Å². The molecule has 0 N–H and O–H groups in total. The number of imidazole rings is 1. The Morgan fingerprint density at radius 2 is 2.27 bits per heavy atom. The van der Waals surface area contributed by atoms with Crippen LogP contribution in [0.5, 0.6) is 0 Å². The molecule has 0 fully saturated rings. The van der Waals surface area contributed by atoms with E-state index >= 15 is 0 Å². The largest absolute Gasteiger partial charge is 0.464 e. The van der Waals surface area contributed by atoms with Crippen molar-refractivity contribution in [2.24, 2.45) is 0 Å². The van der Waals surface area contributed by atoms with Gasteiger partial charge in [-0.1, -0.05) is 0 Å². The van der Waals surface area contributed by atoms with E-state index in [-0.39, 0.29) is 5.69 Å². The highest BCUT2D eigenvalue weighted by molar-refractivity contribution is 5.86. The molecule has 6 nitrogen and oxygen atoms in total.